The molecule has 0 spiro atoms. The van der Waals surface area contributed by atoms with Gasteiger partial charge in [-0.2, -0.15) is 0 Å². The van der Waals surface area contributed by atoms with Crippen molar-refractivity contribution in [2.75, 3.05) is 0 Å². The molecule has 2 N–H and O–H groups in total. The Morgan fingerprint density at radius 3 is 2.46 bits per heavy atom. The summed E-state index contributed by atoms with van der Waals surface area (Å²) in [5.41, 5.74) is 3.53. The van der Waals surface area contributed by atoms with Gasteiger partial charge >= 0.3 is 0 Å². The van der Waals surface area contributed by atoms with Crippen molar-refractivity contribution in [3.8, 4) is 5.75 Å². The lowest BCUT2D eigenvalue weighted by atomic mass is 9.55. The Balaban J connectivity index is 0.000000286. The highest BCUT2D eigenvalue weighted by Gasteiger charge is 2.54. The molecular weight excluding hydrogens is 320 g/mol. The molecule has 2 heteroatoms. The van der Waals surface area contributed by atoms with Gasteiger partial charge in [0.15, 0.2) is 0 Å². The highest BCUT2D eigenvalue weighted by molar-refractivity contribution is 5.40. The molecule has 0 heterocycles. The van der Waals surface area contributed by atoms with Gasteiger partial charge in [-0.05, 0) is 90.4 Å². The number of rotatable bonds is 0. The van der Waals surface area contributed by atoms with Crippen LogP contribution in [-0.2, 0) is 6.42 Å². The molecule has 0 aromatic heterocycles. The van der Waals surface area contributed by atoms with E-state index in [0.29, 0.717) is 23.0 Å². The van der Waals surface area contributed by atoms with Crippen molar-refractivity contribution < 1.29 is 10.2 Å². The van der Waals surface area contributed by atoms with E-state index >= 15 is 0 Å². The Hall–Kier alpha value is -1.02. The normalized spacial score (nSPS) is 35.6. The highest BCUT2D eigenvalue weighted by atomic mass is 16.3. The summed E-state index contributed by atoms with van der Waals surface area (Å²) in [5, 5.41) is 20.0. The maximum Gasteiger partial charge on any atom is 0.115 e. The van der Waals surface area contributed by atoms with E-state index in [1.54, 1.807) is 0 Å². The zero-order valence-electron chi connectivity index (χ0n) is 17.4. The average molecular weight is 359 g/mol. The van der Waals surface area contributed by atoms with Crippen molar-refractivity contribution in [2.45, 2.75) is 91.6 Å². The molecule has 146 valence electrons. The first kappa shape index (κ1) is 19.7. The maximum atomic E-state index is 10.4. The minimum absolute atomic E-state index is 0.0883. The van der Waals surface area contributed by atoms with E-state index in [0.717, 1.165) is 25.2 Å². The number of aliphatic hydroxyl groups is 1. The number of aliphatic hydroxyl groups excluding tert-OH is 1. The molecule has 0 radical (unpaired) electrons. The van der Waals surface area contributed by atoms with Gasteiger partial charge in [-0.1, -0.05) is 47.1 Å². The van der Waals surface area contributed by atoms with E-state index in [9.17, 15) is 10.2 Å². The van der Waals surface area contributed by atoms with Crippen LogP contribution in [0.1, 0.15) is 90.2 Å². The summed E-state index contributed by atoms with van der Waals surface area (Å²) in [5.74, 6) is 2.49. The highest BCUT2D eigenvalue weighted by Crippen LogP contribution is 2.60. The monoisotopic (exact) mass is 358 g/mol. The minimum Gasteiger partial charge on any atom is -0.508 e. The number of phenols is 1. The summed E-state index contributed by atoms with van der Waals surface area (Å²) in [7, 11) is 0. The number of hydrogen-bond donors (Lipinski definition) is 2. The van der Waals surface area contributed by atoms with Gasteiger partial charge in [-0.25, -0.2) is 0 Å². The second-order valence-electron chi connectivity index (χ2n) is 10.4. The lowest BCUT2D eigenvalue weighted by Crippen LogP contribution is -2.43. The van der Waals surface area contributed by atoms with E-state index in [1.165, 1.54) is 36.8 Å². The SMILES string of the molecule is CC12CCC3c4ccc(O)cc4CCC3C1CCC2O.CCC(C)(C)C. The molecule has 2 nitrogen and oxygen atoms in total. The van der Waals surface area contributed by atoms with Crippen LogP contribution in [0.2, 0.25) is 0 Å². The van der Waals surface area contributed by atoms with E-state index in [2.05, 4.69) is 40.7 Å². The van der Waals surface area contributed by atoms with E-state index < -0.39 is 0 Å². The summed E-state index contributed by atoms with van der Waals surface area (Å²) in [6.45, 7) is 11.3. The lowest BCUT2D eigenvalue weighted by molar-refractivity contribution is -0.0226. The Labute approximate surface area is 160 Å². The summed E-state index contributed by atoms with van der Waals surface area (Å²) in [6.07, 6.45) is 8.05. The van der Waals surface area contributed by atoms with Crippen LogP contribution in [0.3, 0.4) is 0 Å². The molecule has 3 aliphatic carbocycles. The fraction of sp³-hybridized carbons (Fsp3) is 0.750. The van der Waals surface area contributed by atoms with Gasteiger partial charge in [-0.15, -0.1) is 0 Å². The number of aromatic hydroxyl groups is 1. The van der Waals surface area contributed by atoms with Crippen LogP contribution in [-0.4, -0.2) is 16.3 Å². The van der Waals surface area contributed by atoms with Crippen LogP contribution >= 0.6 is 0 Å². The van der Waals surface area contributed by atoms with Crippen molar-refractivity contribution in [1.82, 2.24) is 0 Å². The predicted octanol–water partition coefficient (Wildman–Crippen LogP) is 6.05. The third-order valence-electron chi connectivity index (χ3n) is 7.72. The van der Waals surface area contributed by atoms with Crippen LogP contribution in [0.4, 0.5) is 0 Å². The summed E-state index contributed by atoms with van der Waals surface area (Å²) in [6, 6.07) is 5.96. The van der Waals surface area contributed by atoms with Crippen molar-refractivity contribution >= 4 is 0 Å². The molecular formula is C24H38O2. The van der Waals surface area contributed by atoms with Gasteiger partial charge in [0.05, 0.1) is 6.10 Å². The van der Waals surface area contributed by atoms with Gasteiger partial charge in [0.25, 0.3) is 0 Å². The molecule has 0 saturated heterocycles. The first-order chi connectivity index (χ1) is 12.2. The third-order valence-corrected chi connectivity index (χ3v) is 7.72. The molecule has 1 aromatic rings. The topological polar surface area (TPSA) is 40.5 Å². The van der Waals surface area contributed by atoms with E-state index in [-0.39, 0.29) is 11.5 Å². The molecule has 0 amide bonds. The number of aryl methyl sites for hydroxylation is 1. The van der Waals surface area contributed by atoms with E-state index in [4.69, 9.17) is 0 Å². The Bertz CT molecular complexity index is 630. The molecule has 0 bridgehead atoms. The number of fused-ring (bicyclic) bond motifs is 5. The zero-order valence-corrected chi connectivity index (χ0v) is 17.4. The summed E-state index contributed by atoms with van der Waals surface area (Å²) >= 11 is 0. The number of phenolic OH excluding ortho intramolecular Hbond substituents is 1. The molecule has 2 saturated carbocycles. The molecule has 5 atom stereocenters. The fourth-order valence-corrected chi connectivity index (χ4v) is 5.54. The standard InChI is InChI=1S/C18H24O2.C6H14/c1-18-9-8-14-13-5-3-12(19)10-11(13)2-4-15(14)16(18)6-7-17(18)20;1-5-6(2,3)4/h3,5,10,14-17,19-20H,2,4,6-9H2,1H3;5H2,1-4H3. The van der Waals surface area contributed by atoms with Crippen molar-refractivity contribution in [3.05, 3.63) is 29.3 Å². The van der Waals surface area contributed by atoms with Crippen molar-refractivity contribution in [2.24, 2.45) is 22.7 Å². The Kier molecular flexibility index (Phi) is 5.45. The van der Waals surface area contributed by atoms with Crippen LogP contribution in [0, 0.1) is 22.7 Å². The third kappa shape index (κ3) is 3.67. The van der Waals surface area contributed by atoms with Crippen molar-refractivity contribution in [3.63, 3.8) is 0 Å². The first-order valence-corrected chi connectivity index (χ1v) is 10.7. The smallest absolute Gasteiger partial charge is 0.115 e. The molecule has 5 unspecified atom stereocenters. The molecule has 2 fully saturated rings. The van der Waals surface area contributed by atoms with Gasteiger partial charge in [0.1, 0.15) is 5.75 Å². The van der Waals surface area contributed by atoms with Gasteiger partial charge in [0, 0.05) is 0 Å². The fourth-order valence-electron chi connectivity index (χ4n) is 5.54. The van der Waals surface area contributed by atoms with Crippen LogP contribution < -0.4 is 0 Å². The van der Waals surface area contributed by atoms with Gasteiger partial charge < -0.3 is 10.2 Å². The first-order valence-electron chi connectivity index (χ1n) is 10.7. The molecule has 3 aliphatic rings. The molecule has 1 aromatic carbocycles. The summed E-state index contributed by atoms with van der Waals surface area (Å²) in [4.78, 5) is 0. The Morgan fingerprint density at radius 1 is 1.12 bits per heavy atom. The summed E-state index contributed by atoms with van der Waals surface area (Å²) < 4.78 is 0. The Morgan fingerprint density at radius 2 is 1.81 bits per heavy atom. The molecule has 26 heavy (non-hydrogen) atoms. The lowest BCUT2D eigenvalue weighted by Gasteiger charge is -2.50. The van der Waals surface area contributed by atoms with Crippen molar-refractivity contribution in [1.29, 1.82) is 0 Å². The predicted molar refractivity (Wildman–Crippen MR) is 108 cm³/mol. The molecule has 0 aliphatic heterocycles. The second-order valence-corrected chi connectivity index (χ2v) is 10.4. The zero-order chi connectivity index (χ0) is 19.1. The minimum atomic E-state index is -0.0883. The number of hydrogen-bond acceptors (Lipinski definition) is 2. The largest absolute Gasteiger partial charge is 0.508 e. The average Bonchev–Trinajstić information content (AvgIpc) is 2.89. The van der Waals surface area contributed by atoms with E-state index in [1.807, 2.05) is 12.1 Å². The number of benzene rings is 1. The van der Waals surface area contributed by atoms with Crippen LogP contribution in [0.15, 0.2) is 18.2 Å². The molecule has 4 rings (SSSR count). The van der Waals surface area contributed by atoms with Crippen LogP contribution in [0.25, 0.3) is 0 Å². The second kappa shape index (κ2) is 7.19. The van der Waals surface area contributed by atoms with Gasteiger partial charge in [0.2, 0.25) is 0 Å². The maximum absolute atomic E-state index is 10.4. The van der Waals surface area contributed by atoms with Gasteiger partial charge in [-0.3, -0.25) is 0 Å². The quantitative estimate of drug-likeness (QED) is 0.592. The van der Waals surface area contributed by atoms with Crippen LogP contribution in [0.5, 0.6) is 5.75 Å².